The van der Waals surface area contributed by atoms with Crippen LogP contribution in [-0.4, -0.2) is 0 Å². The van der Waals surface area contributed by atoms with Gasteiger partial charge in [-0.25, -0.2) is 0 Å². The maximum atomic E-state index is 2.52. The average Bonchev–Trinajstić information content (AvgIpc) is 3.84. The first kappa shape index (κ1) is 38.2. The van der Waals surface area contributed by atoms with Crippen LogP contribution in [0.15, 0.2) is 255 Å². The number of hydrogen-bond donors (Lipinski definition) is 0. The Morgan fingerprint density at radius 2 is 0.848 bits per heavy atom. The summed E-state index contributed by atoms with van der Waals surface area (Å²) in [6.45, 7) is 2.41. The normalized spacial score (nSPS) is 15.2. The molecule has 2 aliphatic carbocycles. The molecule has 1 unspecified atom stereocenters. The van der Waals surface area contributed by atoms with Crippen LogP contribution in [0.1, 0.15) is 45.9 Å². The summed E-state index contributed by atoms with van der Waals surface area (Å²) in [4.78, 5) is 2.52. The van der Waals surface area contributed by atoms with E-state index in [-0.39, 0.29) is 5.41 Å². The molecule has 13 rings (SSSR count). The Morgan fingerprint density at radius 3 is 1.56 bits per heavy atom. The average molecular weight is 840 g/mol. The minimum absolute atomic E-state index is 0.336. The number of fused-ring (bicyclic) bond motifs is 9. The lowest BCUT2D eigenvalue weighted by atomic mass is 9.68. The van der Waals surface area contributed by atoms with Crippen molar-refractivity contribution in [3.8, 4) is 33.4 Å². The zero-order chi connectivity index (χ0) is 43.8. The van der Waals surface area contributed by atoms with Crippen LogP contribution in [0.2, 0.25) is 0 Å². The minimum Gasteiger partial charge on any atom is -0.310 e. The van der Waals surface area contributed by atoms with Gasteiger partial charge in [0.25, 0.3) is 0 Å². The van der Waals surface area contributed by atoms with E-state index in [0.29, 0.717) is 0 Å². The molecule has 1 heteroatoms. The smallest absolute Gasteiger partial charge is 0.0713 e. The fraction of sp³-hybridized carbons (Fsp3) is 0.0462. The molecule has 0 bridgehead atoms. The largest absolute Gasteiger partial charge is 0.310 e. The monoisotopic (exact) mass is 839 g/mol. The molecule has 0 aromatic heterocycles. The summed E-state index contributed by atoms with van der Waals surface area (Å²) in [5, 5.41) is 5.06. The Morgan fingerprint density at radius 1 is 0.318 bits per heavy atom. The van der Waals surface area contributed by atoms with Gasteiger partial charge in [-0.1, -0.05) is 218 Å². The van der Waals surface area contributed by atoms with Crippen LogP contribution in [0.5, 0.6) is 0 Å². The molecule has 0 N–H and O–H groups in total. The van der Waals surface area contributed by atoms with E-state index in [4.69, 9.17) is 0 Å². The highest BCUT2D eigenvalue weighted by atomic mass is 15.1. The van der Waals surface area contributed by atoms with E-state index in [2.05, 4.69) is 267 Å². The molecule has 11 aromatic carbocycles. The summed E-state index contributed by atoms with van der Waals surface area (Å²) in [5.74, 6) is 0. The third kappa shape index (κ3) is 5.47. The molecule has 0 amide bonds. The molecule has 0 saturated carbocycles. The summed E-state index contributed by atoms with van der Waals surface area (Å²) in [6, 6.07) is 94.7. The standard InChI is InChI=1S/C65H45N/c1-64(46-21-5-2-6-22-46)58-32-17-16-31-55(58)63-61(64)34-19-35-62(63)66(49-38-36-44(37-39-49)56-42-45-20-11-12-27-51(45)52-28-13-14-29-53(52)56)50-40-41-60-57(43-50)54-30-15-18-33-59(54)65(60,47-23-7-3-8-24-47)48-25-9-4-10-26-48/h2-43H,1H3. The third-order valence-corrected chi connectivity index (χ3v) is 14.8. The number of nitrogens with zero attached hydrogens (tertiary/aromatic N) is 1. The van der Waals surface area contributed by atoms with Crippen molar-refractivity contribution in [3.63, 3.8) is 0 Å². The highest BCUT2D eigenvalue weighted by molar-refractivity contribution is 6.14. The van der Waals surface area contributed by atoms with E-state index in [9.17, 15) is 0 Å². The zero-order valence-electron chi connectivity index (χ0n) is 36.7. The molecule has 310 valence electrons. The van der Waals surface area contributed by atoms with Crippen LogP contribution in [0, 0.1) is 0 Å². The molecule has 11 aromatic rings. The van der Waals surface area contributed by atoms with Crippen LogP contribution in [0.4, 0.5) is 17.1 Å². The molecule has 2 aliphatic rings. The predicted molar refractivity (Wildman–Crippen MR) is 276 cm³/mol. The van der Waals surface area contributed by atoms with Gasteiger partial charge in [0.15, 0.2) is 0 Å². The third-order valence-electron chi connectivity index (χ3n) is 14.8. The van der Waals surface area contributed by atoms with Crippen molar-refractivity contribution in [1.29, 1.82) is 0 Å². The molecule has 0 saturated heterocycles. The summed E-state index contributed by atoms with van der Waals surface area (Å²) < 4.78 is 0. The lowest BCUT2D eigenvalue weighted by Gasteiger charge is -2.34. The van der Waals surface area contributed by atoms with Gasteiger partial charge in [0, 0.05) is 22.4 Å². The number of hydrogen-bond acceptors (Lipinski definition) is 1. The van der Waals surface area contributed by atoms with Gasteiger partial charge >= 0.3 is 0 Å². The molecule has 0 spiro atoms. The number of benzene rings is 11. The predicted octanol–water partition coefficient (Wildman–Crippen LogP) is 16.8. The van der Waals surface area contributed by atoms with E-state index in [1.807, 2.05) is 0 Å². The van der Waals surface area contributed by atoms with Crippen molar-refractivity contribution in [2.75, 3.05) is 4.90 Å². The topological polar surface area (TPSA) is 3.24 Å². The van der Waals surface area contributed by atoms with Crippen molar-refractivity contribution in [1.82, 2.24) is 0 Å². The second-order valence-electron chi connectivity index (χ2n) is 18.1. The summed E-state index contributed by atoms with van der Waals surface area (Å²) in [7, 11) is 0. The lowest BCUT2D eigenvalue weighted by molar-refractivity contribution is 0.714. The quantitative estimate of drug-likeness (QED) is 0.145. The van der Waals surface area contributed by atoms with Gasteiger partial charge in [-0.2, -0.15) is 0 Å². The molecule has 1 nitrogen and oxygen atoms in total. The van der Waals surface area contributed by atoms with Gasteiger partial charge < -0.3 is 4.90 Å². The fourth-order valence-electron chi connectivity index (χ4n) is 11.9. The van der Waals surface area contributed by atoms with Gasteiger partial charge in [0.2, 0.25) is 0 Å². The maximum absolute atomic E-state index is 2.52. The first-order valence-corrected chi connectivity index (χ1v) is 23.1. The molecule has 1 atom stereocenters. The van der Waals surface area contributed by atoms with Crippen molar-refractivity contribution in [3.05, 3.63) is 294 Å². The number of rotatable bonds is 7. The molecule has 0 fully saturated rings. The lowest BCUT2D eigenvalue weighted by Crippen LogP contribution is -2.28. The van der Waals surface area contributed by atoms with Crippen LogP contribution in [-0.2, 0) is 10.8 Å². The summed E-state index contributed by atoms with van der Waals surface area (Å²) >= 11 is 0. The molecule has 0 aliphatic heterocycles. The van der Waals surface area contributed by atoms with Gasteiger partial charge in [-0.05, 0) is 132 Å². The maximum Gasteiger partial charge on any atom is 0.0713 e. The van der Waals surface area contributed by atoms with Crippen LogP contribution in [0.3, 0.4) is 0 Å². The molecule has 0 radical (unpaired) electrons. The highest BCUT2D eigenvalue weighted by Gasteiger charge is 2.47. The van der Waals surface area contributed by atoms with E-state index in [1.165, 1.54) is 93.9 Å². The summed E-state index contributed by atoms with van der Waals surface area (Å²) in [6.07, 6.45) is 0. The van der Waals surface area contributed by atoms with E-state index >= 15 is 0 Å². The zero-order valence-corrected chi connectivity index (χ0v) is 36.7. The molecule has 0 heterocycles. The van der Waals surface area contributed by atoms with Crippen LogP contribution in [0.25, 0.3) is 54.9 Å². The SMILES string of the molecule is CC1(c2ccccc2)c2ccccc2-c2c(N(c3ccc(-c4cc5ccccc5c5ccccc45)cc3)c3ccc4c(c3)-c3ccccc3C4(c3ccccc3)c3ccccc3)cccc21. The Hall–Kier alpha value is -8.26. The van der Waals surface area contributed by atoms with Crippen LogP contribution >= 0.6 is 0 Å². The van der Waals surface area contributed by atoms with E-state index in [0.717, 1.165) is 17.1 Å². The highest BCUT2D eigenvalue weighted by Crippen LogP contribution is 2.59. The van der Waals surface area contributed by atoms with Crippen molar-refractivity contribution in [2.24, 2.45) is 0 Å². The first-order valence-electron chi connectivity index (χ1n) is 23.1. The first-order chi connectivity index (χ1) is 32.6. The Bertz CT molecular complexity index is 3610. The minimum atomic E-state index is -0.480. The van der Waals surface area contributed by atoms with E-state index < -0.39 is 5.41 Å². The Balaban J connectivity index is 1.06. The number of anilines is 3. The van der Waals surface area contributed by atoms with Crippen LogP contribution < -0.4 is 4.90 Å². The van der Waals surface area contributed by atoms with Gasteiger partial charge in [-0.3, -0.25) is 0 Å². The Kier molecular flexibility index (Phi) is 8.63. The van der Waals surface area contributed by atoms with E-state index in [1.54, 1.807) is 0 Å². The van der Waals surface area contributed by atoms with Crippen molar-refractivity contribution >= 4 is 38.6 Å². The Labute approximate surface area is 386 Å². The molecule has 66 heavy (non-hydrogen) atoms. The van der Waals surface area contributed by atoms with Gasteiger partial charge in [0.05, 0.1) is 11.1 Å². The fourth-order valence-corrected chi connectivity index (χ4v) is 11.9. The van der Waals surface area contributed by atoms with Crippen molar-refractivity contribution < 1.29 is 0 Å². The second kappa shape index (κ2) is 14.9. The molecular formula is C65H45N. The molecular weight excluding hydrogens is 795 g/mol. The van der Waals surface area contributed by atoms with Gasteiger partial charge in [-0.15, -0.1) is 0 Å². The van der Waals surface area contributed by atoms with Gasteiger partial charge in [0.1, 0.15) is 0 Å². The van der Waals surface area contributed by atoms with Crippen molar-refractivity contribution in [2.45, 2.75) is 17.8 Å². The summed E-state index contributed by atoms with van der Waals surface area (Å²) in [5.41, 5.74) is 19.1. The second-order valence-corrected chi connectivity index (χ2v) is 18.1.